The van der Waals surface area contributed by atoms with E-state index in [2.05, 4.69) is 4.90 Å². The summed E-state index contributed by atoms with van der Waals surface area (Å²) in [5.41, 5.74) is 4.70. The molecule has 1 aliphatic heterocycles. The molecule has 33 heavy (non-hydrogen) atoms. The van der Waals surface area contributed by atoms with E-state index in [-0.39, 0.29) is 29.2 Å². The zero-order valence-electron chi connectivity index (χ0n) is 18.9. The molecule has 6 nitrogen and oxygen atoms in total. The Morgan fingerprint density at radius 3 is 2.21 bits per heavy atom. The lowest BCUT2D eigenvalue weighted by Crippen LogP contribution is -2.50. The average Bonchev–Trinajstić information content (AvgIpc) is 3.66. The zero-order valence-corrected chi connectivity index (χ0v) is 18.9. The Hall–Kier alpha value is -2.35. The number of carbonyl (C=O) groups is 3. The van der Waals surface area contributed by atoms with Gasteiger partial charge in [0, 0.05) is 11.5 Å². The molecule has 0 radical (unpaired) electrons. The van der Waals surface area contributed by atoms with Gasteiger partial charge in [-0.15, -0.1) is 0 Å². The summed E-state index contributed by atoms with van der Waals surface area (Å²) in [6.45, 7) is 2.48. The monoisotopic (exact) mass is 462 g/mol. The molecule has 2 aliphatic carbocycles. The Morgan fingerprint density at radius 1 is 0.970 bits per heavy atom. The molecule has 1 aromatic rings. The van der Waals surface area contributed by atoms with Crippen LogP contribution < -0.4 is 5.73 Å². The molecular formula is C25H32F2N2O4. The predicted octanol–water partition coefficient (Wildman–Crippen LogP) is 3.62. The van der Waals surface area contributed by atoms with Crippen molar-refractivity contribution in [2.45, 2.75) is 63.4 Å². The van der Waals surface area contributed by atoms with Crippen molar-refractivity contribution in [3.8, 4) is 0 Å². The minimum absolute atomic E-state index is 0.0594. The van der Waals surface area contributed by atoms with E-state index in [9.17, 15) is 23.2 Å². The highest BCUT2D eigenvalue weighted by atomic mass is 19.2. The third-order valence-corrected chi connectivity index (χ3v) is 7.58. The third-order valence-electron chi connectivity index (χ3n) is 7.58. The van der Waals surface area contributed by atoms with Crippen molar-refractivity contribution in [2.24, 2.45) is 23.5 Å². The van der Waals surface area contributed by atoms with Gasteiger partial charge in [0.2, 0.25) is 0 Å². The molecule has 0 aromatic heterocycles. The molecule has 0 bridgehead atoms. The lowest BCUT2D eigenvalue weighted by atomic mass is 9.77. The minimum atomic E-state index is -1.14. The lowest BCUT2D eigenvalue weighted by molar-refractivity contribution is -0.173. The number of amides is 1. The summed E-state index contributed by atoms with van der Waals surface area (Å²) in [6.07, 6.45) is 6.60. The number of halogens is 2. The van der Waals surface area contributed by atoms with Gasteiger partial charge in [-0.1, -0.05) is 0 Å². The Morgan fingerprint density at radius 2 is 1.64 bits per heavy atom. The molecule has 1 heterocycles. The van der Waals surface area contributed by atoms with Gasteiger partial charge in [-0.05, 0) is 102 Å². The Bertz CT molecular complexity index is 902. The van der Waals surface area contributed by atoms with Gasteiger partial charge in [0.15, 0.2) is 23.0 Å². The number of likely N-dealkylation sites (tertiary alicyclic amines) is 1. The minimum Gasteiger partial charge on any atom is -0.449 e. The molecular weight excluding hydrogens is 430 g/mol. The van der Waals surface area contributed by atoms with E-state index >= 15 is 0 Å². The summed E-state index contributed by atoms with van der Waals surface area (Å²) >= 11 is 0. The second-order valence-electron chi connectivity index (χ2n) is 9.90. The summed E-state index contributed by atoms with van der Waals surface area (Å²) < 4.78 is 32.2. The number of rotatable bonds is 8. The number of hydrogen-bond donors (Lipinski definition) is 1. The van der Waals surface area contributed by atoms with Crippen molar-refractivity contribution < 1.29 is 27.9 Å². The van der Waals surface area contributed by atoms with E-state index in [1.54, 1.807) is 0 Å². The number of ether oxygens (including phenoxy) is 1. The van der Waals surface area contributed by atoms with Crippen LogP contribution in [-0.2, 0) is 14.3 Å². The highest BCUT2D eigenvalue weighted by Crippen LogP contribution is 2.39. The number of hydrogen-bond acceptors (Lipinski definition) is 5. The van der Waals surface area contributed by atoms with Crippen molar-refractivity contribution in [3.63, 3.8) is 0 Å². The van der Waals surface area contributed by atoms with Gasteiger partial charge >= 0.3 is 5.97 Å². The standard InChI is InChI=1S/C25H32F2N2O4/c26-20-4-3-19(15-21(20)27)22(30)17-8-13-29(14-9-17)12-7-16-5-10-25(11-6-16,24(28)32)33-23(31)18-1-2-18/h3-4,15-18H,1-2,5-14H2,(H2,28,32). The fourth-order valence-electron chi connectivity index (χ4n) is 5.10. The van der Waals surface area contributed by atoms with E-state index in [1.165, 1.54) is 6.07 Å². The molecule has 1 saturated heterocycles. The number of esters is 1. The van der Waals surface area contributed by atoms with Gasteiger partial charge in [0.25, 0.3) is 5.91 Å². The molecule has 8 heteroatoms. The largest absolute Gasteiger partial charge is 0.449 e. The van der Waals surface area contributed by atoms with Crippen LogP contribution >= 0.6 is 0 Å². The van der Waals surface area contributed by atoms with Crippen LogP contribution in [0.3, 0.4) is 0 Å². The highest BCUT2D eigenvalue weighted by Gasteiger charge is 2.46. The number of nitrogens with two attached hydrogens (primary N) is 1. The molecule has 3 fully saturated rings. The Balaban J connectivity index is 1.20. The number of Topliss-reactive ketones (excluding diaryl/α,β-unsaturated/α-hetero) is 1. The fourth-order valence-corrected chi connectivity index (χ4v) is 5.10. The first kappa shape index (κ1) is 23.8. The average molecular weight is 463 g/mol. The highest BCUT2D eigenvalue weighted by molar-refractivity contribution is 5.97. The van der Waals surface area contributed by atoms with Crippen molar-refractivity contribution >= 4 is 17.7 Å². The maximum atomic E-state index is 13.5. The Labute approximate surface area is 192 Å². The fraction of sp³-hybridized carbons (Fsp3) is 0.640. The van der Waals surface area contributed by atoms with E-state index in [1.807, 2.05) is 0 Å². The SMILES string of the molecule is NC(=O)C1(OC(=O)C2CC2)CCC(CCN2CCC(C(=O)c3ccc(F)c(F)c3)CC2)CC1. The number of nitrogens with zero attached hydrogens (tertiary/aromatic N) is 1. The van der Waals surface area contributed by atoms with E-state index in [4.69, 9.17) is 10.5 Å². The molecule has 0 atom stereocenters. The van der Waals surface area contributed by atoms with Crippen LogP contribution in [0.25, 0.3) is 0 Å². The lowest BCUT2D eigenvalue weighted by Gasteiger charge is -2.38. The number of primary amides is 1. The van der Waals surface area contributed by atoms with Crippen LogP contribution in [0.2, 0.25) is 0 Å². The summed E-state index contributed by atoms with van der Waals surface area (Å²) in [5, 5.41) is 0. The zero-order chi connectivity index (χ0) is 23.6. The third kappa shape index (κ3) is 5.60. The van der Waals surface area contributed by atoms with E-state index < -0.39 is 23.1 Å². The predicted molar refractivity (Wildman–Crippen MR) is 117 cm³/mol. The number of carbonyl (C=O) groups excluding carboxylic acids is 3. The van der Waals surface area contributed by atoms with Gasteiger partial charge in [-0.25, -0.2) is 8.78 Å². The van der Waals surface area contributed by atoms with Crippen molar-refractivity contribution in [1.82, 2.24) is 4.90 Å². The van der Waals surface area contributed by atoms with Crippen molar-refractivity contribution in [2.75, 3.05) is 19.6 Å². The maximum absolute atomic E-state index is 13.5. The molecule has 180 valence electrons. The molecule has 3 aliphatic rings. The molecule has 1 amide bonds. The van der Waals surface area contributed by atoms with Gasteiger partial charge in [0.05, 0.1) is 5.92 Å². The van der Waals surface area contributed by atoms with Crippen LogP contribution in [0.4, 0.5) is 8.78 Å². The maximum Gasteiger partial charge on any atom is 0.309 e. The Kier molecular flexibility index (Phi) is 7.12. The second kappa shape index (κ2) is 9.87. The van der Waals surface area contributed by atoms with Crippen LogP contribution in [0.1, 0.15) is 68.1 Å². The second-order valence-corrected chi connectivity index (χ2v) is 9.90. The molecule has 4 rings (SSSR count). The summed E-state index contributed by atoms with van der Waals surface area (Å²) in [5.74, 6) is -2.67. The smallest absolute Gasteiger partial charge is 0.309 e. The number of piperidine rings is 1. The van der Waals surface area contributed by atoms with Crippen LogP contribution in [0.5, 0.6) is 0 Å². The van der Waals surface area contributed by atoms with Gasteiger partial charge in [-0.2, -0.15) is 0 Å². The van der Waals surface area contributed by atoms with Crippen molar-refractivity contribution in [3.05, 3.63) is 35.4 Å². The normalized spacial score (nSPS) is 26.7. The number of benzene rings is 1. The topological polar surface area (TPSA) is 89.7 Å². The molecule has 2 N–H and O–H groups in total. The quantitative estimate of drug-likeness (QED) is 0.471. The van der Waals surface area contributed by atoms with Gasteiger partial charge in [0.1, 0.15) is 0 Å². The van der Waals surface area contributed by atoms with Gasteiger partial charge in [-0.3, -0.25) is 14.4 Å². The van der Waals surface area contributed by atoms with Crippen LogP contribution in [-0.4, -0.2) is 47.8 Å². The molecule has 0 spiro atoms. The molecule has 1 aromatic carbocycles. The van der Waals surface area contributed by atoms with Crippen LogP contribution in [0, 0.1) is 29.4 Å². The number of ketones is 1. The van der Waals surface area contributed by atoms with Gasteiger partial charge < -0.3 is 15.4 Å². The summed E-state index contributed by atoms with van der Waals surface area (Å²) in [6, 6.07) is 3.34. The van der Waals surface area contributed by atoms with Crippen LogP contribution in [0.15, 0.2) is 18.2 Å². The van der Waals surface area contributed by atoms with E-state index in [0.717, 1.165) is 63.9 Å². The first-order valence-corrected chi connectivity index (χ1v) is 12.0. The summed E-state index contributed by atoms with van der Waals surface area (Å²) in [4.78, 5) is 39.1. The van der Waals surface area contributed by atoms with E-state index in [0.29, 0.717) is 31.6 Å². The first-order valence-electron chi connectivity index (χ1n) is 12.0. The first-order chi connectivity index (χ1) is 15.8. The van der Waals surface area contributed by atoms with Crippen molar-refractivity contribution in [1.29, 1.82) is 0 Å². The molecule has 2 saturated carbocycles. The molecule has 0 unspecified atom stereocenters. The summed E-state index contributed by atoms with van der Waals surface area (Å²) in [7, 11) is 0.